The second-order valence-electron chi connectivity index (χ2n) is 15.9. The number of hydrogen-bond acceptors (Lipinski definition) is 8. The van der Waals surface area contributed by atoms with E-state index in [1.807, 2.05) is 94.6 Å². The smallest absolute Gasteiger partial charge is 0.264 e. The lowest BCUT2D eigenvalue weighted by molar-refractivity contribution is -0.146. The number of aliphatic hydroxyl groups is 1. The van der Waals surface area contributed by atoms with Gasteiger partial charge in [0.25, 0.3) is 5.91 Å². The van der Waals surface area contributed by atoms with Crippen molar-refractivity contribution < 1.29 is 24.2 Å². The number of nitrogens with one attached hydrogen (secondary N) is 1. The average molecular weight is 850 g/mol. The van der Waals surface area contributed by atoms with Gasteiger partial charge in [-0.05, 0) is 65.6 Å². The molecule has 1 spiro atoms. The average Bonchev–Trinajstić information content (AvgIpc) is 3.88. The highest BCUT2D eigenvalue weighted by Crippen LogP contribution is 2.60. The molecule has 296 valence electrons. The summed E-state index contributed by atoms with van der Waals surface area (Å²) in [4.78, 5) is 31.6. The van der Waals surface area contributed by atoms with Crippen molar-refractivity contribution in [2.24, 2.45) is 5.92 Å². The number of benzene rings is 4. The van der Waals surface area contributed by atoms with Gasteiger partial charge in [-0.15, -0.1) is 5.10 Å². The number of fused-ring (bicyclic) bond motifs is 2. The third-order valence-electron chi connectivity index (χ3n) is 12.4. The largest absolute Gasteiger partial charge is 0.497 e. The van der Waals surface area contributed by atoms with Gasteiger partial charge in [-0.3, -0.25) is 14.3 Å². The van der Waals surface area contributed by atoms with Crippen molar-refractivity contribution in [3.05, 3.63) is 130 Å². The highest BCUT2D eigenvalue weighted by Gasteiger charge is 2.66. The van der Waals surface area contributed by atoms with Gasteiger partial charge in [-0.2, -0.15) is 0 Å². The zero-order valence-corrected chi connectivity index (χ0v) is 35.4. The van der Waals surface area contributed by atoms with Crippen LogP contribution in [0, 0.1) is 5.92 Å². The van der Waals surface area contributed by atoms with Crippen molar-refractivity contribution in [3.63, 3.8) is 0 Å². The Bertz CT molecular complexity index is 2240. The van der Waals surface area contributed by atoms with Crippen LogP contribution in [0.1, 0.15) is 41.6 Å². The van der Waals surface area contributed by atoms with Gasteiger partial charge in [0.15, 0.2) is 5.60 Å². The van der Waals surface area contributed by atoms with Gasteiger partial charge in [0.05, 0.1) is 58.3 Å². The predicted molar refractivity (Wildman–Crippen MR) is 227 cm³/mol. The summed E-state index contributed by atoms with van der Waals surface area (Å²) in [6, 6.07) is 32.3. The van der Waals surface area contributed by atoms with E-state index in [2.05, 4.69) is 69.8 Å². The van der Waals surface area contributed by atoms with Crippen LogP contribution in [0.25, 0.3) is 0 Å². The molecule has 3 aliphatic heterocycles. The monoisotopic (exact) mass is 848 g/mol. The summed E-state index contributed by atoms with van der Waals surface area (Å²) in [5, 5.41) is 23.7. The first-order valence-corrected chi connectivity index (χ1v) is 23.5. The molecule has 5 aromatic rings. The summed E-state index contributed by atoms with van der Waals surface area (Å²) < 4.78 is 15.6. The van der Waals surface area contributed by atoms with Crippen molar-refractivity contribution >= 4 is 52.4 Å². The van der Waals surface area contributed by atoms with E-state index in [0.717, 1.165) is 44.8 Å². The van der Waals surface area contributed by atoms with Gasteiger partial charge in [0.2, 0.25) is 5.91 Å². The van der Waals surface area contributed by atoms with Crippen LogP contribution >= 0.6 is 15.9 Å². The summed E-state index contributed by atoms with van der Waals surface area (Å²) >= 11 is 3.73. The van der Waals surface area contributed by atoms with Crippen LogP contribution in [0.4, 0.5) is 11.4 Å². The minimum atomic E-state index is -2.37. The summed E-state index contributed by atoms with van der Waals surface area (Å²) in [5.74, 6) is 0.347. The normalized spacial score (nSPS) is 22.7. The van der Waals surface area contributed by atoms with E-state index in [0.29, 0.717) is 38.3 Å². The Morgan fingerprint density at radius 1 is 1.04 bits per heavy atom. The number of ether oxygens (including phenoxy) is 2. The lowest BCUT2D eigenvalue weighted by Gasteiger charge is -2.37. The van der Waals surface area contributed by atoms with Gasteiger partial charge < -0.3 is 29.7 Å². The van der Waals surface area contributed by atoms with E-state index in [9.17, 15) is 9.90 Å². The molecular weight excluding hydrogens is 801 g/mol. The van der Waals surface area contributed by atoms with E-state index in [-0.39, 0.29) is 41.9 Å². The zero-order valence-electron chi connectivity index (χ0n) is 32.8. The molecular formula is C44H49BrN6O5Si. The zero-order chi connectivity index (χ0) is 39.9. The Labute approximate surface area is 343 Å². The van der Waals surface area contributed by atoms with Crippen LogP contribution in [0.2, 0.25) is 18.6 Å². The molecule has 4 aromatic carbocycles. The van der Waals surface area contributed by atoms with Crippen LogP contribution in [0.15, 0.2) is 108 Å². The van der Waals surface area contributed by atoms with Crippen molar-refractivity contribution in [1.82, 2.24) is 20.3 Å². The number of aromatic nitrogens is 3. The molecule has 1 aromatic heterocycles. The lowest BCUT2D eigenvalue weighted by Crippen LogP contribution is -2.51. The number of piperazine rings is 1. The number of nitrogens with zero attached hydrogens (tertiary/aromatic N) is 5. The molecule has 8 rings (SSSR count). The molecule has 0 saturated carbocycles. The molecule has 11 nitrogen and oxygen atoms in total. The minimum Gasteiger partial charge on any atom is -0.497 e. The molecule has 0 aliphatic carbocycles. The standard InChI is InChI=1S/C44H49BrN6O5Si/c1-29-42(57(3,4)35-17-15-34(55-2)16-18-35)40(20-22-49-27-38(47-48-49)36(28-52)31-8-6-5-7-9-31)56-44(29)37-24-32(45)12-19-39(37)51(43(44)54)26-30-10-13-33(14-11-30)50-23-21-46-25-41(50)53/h5-19,24,27,29,36,40,42,46,52H,20-23,25-26,28H2,1-4H3/t29-,36?,40+,42-,44+/m0/s1. The van der Waals surface area contributed by atoms with E-state index in [1.165, 1.54) is 5.19 Å². The first-order valence-electron chi connectivity index (χ1n) is 19.7. The molecule has 0 radical (unpaired) electrons. The lowest BCUT2D eigenvalue weighted by atomic mass is 9.82. The summed E-state index contributed by atoms with van der Waals surface area (Å²) in [6.07, 6.45) is 2.26. The first kappa shape index (κ1) is 39.2. The second kappa shape index (κ2) is 15.9. The quantitative estimate of drug-likeness (QED) is 0.148. The number of halogens is 1. The highest BCUT2D eigenvalue weighted by molar-refractivity contribution is 9.10. The van der Waals surface area contributed by atoms with Crippen LogP contribution in [-0.2, 0) is 33.0 Å². The molecule has 2 saturated heterocycles. The summed E-state index contributed by atoms with van der Waals surface area (Å²) in [7, 11) is -0.692. The summed E-state index contributed by atoms with van der Waals surface area (Å²) in [5.41, 5.74) is 4.07. The third kappa shape index (κ3) is 7.14. The predicted octanol–water partition coefficient (Wildman–Crippen LogP) is 5.96. The van der Waals surface area contributed by atoms with Gasteiger partial charge in [-0.25, -0.2) is 0 Å². The maximum absolute atomic E-state index is 15.3. The fourth-order valence-corrected chi connectivity index (χ4v) is 13.9. The third-order valence-corrected chi connectivity index (χ3v) is 17.3. The topological polar surface area (TPSA) is 122 Å². The molecule has 2 N–H and O–H groups in total. The molecule has 2 fully saturated rings. The Morgan fingerprint density at radius 2 is 1.79 bits per heavy atom. The minimum absolute atomic E-state index is 0.0496. The summed E-state index contributed by atoms with van der Waals surface area (Å²) in [6.45, 7) is 9.49. The van der Waals surface area contributed by atoms with Crippen LogP contribution < -0.4 is 25.0 Å². The number of methoxy groups -OCH3 is 1. The number of anilines is 2. The molecule has 5 atom stereocenters. The Balaban J connectivity index is 1.12. The molecule has 3 aliphatic rings. The second-order valence-corrected chi connectivity index (χ2v) is 21.5. The number of aryl methyl sites for hydroxylation is 1. The van der Waals surface area contributed by atoms with E-state index < -0.39 is 13.7 Å². The number of carbonyl (C=O) groups excluding carboxylic acids is 2. The molecule has 2 amide bonds. The van der Waals surface area contributed by atoms with Gasteiger partial charge in [0.1, 0.15) is 5.75 Å². The van der Waals surface area contributed by atoms with Gasteiger partial charge in [-0.1, -0.05) is 101 Å². The highest BCUT2D eigenvalue weighted by atomic mass is 79.9. The van der Waals surface area contributed by atoms with Crippen LogP contribution in [0.5, 0.6) is 5.75 Å². The molecule has 13 heteroatoms. The Hall–Kier alpha value is -4.66. The van der Waals surface area contributed by atoms with Crippen molar-refractivity contribution in [2.45, 2.75) is 62.7 Å². The Morgan fingerprint density at radius 3 is 2.49 bits per heavy atom. The number of hydrogen-bond donors (Lipinski definition) is 2. The van der Waals surface area contributed by atoms with Crippen molar-refractivity contribution in [2.75, 3.05) is 43.2 Å². The van der Waals surface area contributed by atoms with E-state index in [1.54, 1.807) is 12.0 Å². The van der Waals surface area contributed by atoms with E-state index in [4.69, 9.17) is 9.47 Å². The van der Waals surface area contributed by atoms with Crippen molar-refractivity contribution in [3.8, 4) is 5.75 Å². The van der Waals surface area contributed by atoms with Crippen LogP contribution in [0.3, 0.4) is 0 Å². The van der Waals surface area contributed by atoms with Crippen LogP contribution in [-0.4, -0.2) is 79.4 Å². The fourth-order valence-electron chi connectivity index (χ4n) is 9.45. The van der Waals surface area contributed by atoms with E-state index >= 15 is 4.79 Å². The SMILES string of the molecule is COc1ccc([Si](C)(C)[C@@H]2[C@@H](CCn3cc(C(CO)c4ccccc4)nn3)O[C@]3(C(=O)N(Cc4ccc(N5CCNCC5=O)cc4)c4ccc(Br)cc43)[C@H]2C)cc1. The molecule has 57 heavy (non-hydrogen) atoms. The van der Waals surface area contributed by atoms with Gasteiger partial charge >= 0.3 is 0 Å². The van der Waals surface area contributed by atoms with Crippen molar-refractivity contribution in [1.29, 1.82) is 0 Å². The fraction of sp³-hybridized carbons (Fsp3) is 0.364. The molecule has 4 heterocycles. The number of carbonyl (C=O) groups is 2. The molecule has 1 unspecified atom stereocenters. The number of aliphatic hydroxyl groups excluding tert-OH is 1. The van der Waals surface area contributed by atoms with Gasteiger partial charge in [0, 0.05) is 47.5 Å². The maximum atomic E-state index is 15.3. The molecule has 0 bridgehead atoms. The number of rotatable bonds is 12. The first-order chi connectivity index (χ1) is 27.5. The maximum Gasteiger partial charge on any atom is 0.264 e. The Kier molecular flexibility index (Phi) is 11.0. The number of amides is 2.